The molecule has 3 nitrogen and oxygen atoms in total. The molecule has 1 aliphatic rings. The summed E-state index contributed by atoms with van der Waals surface area (Å²) in [4.78, 5) is 1.26. The first-order valence-corrected chi connectivity index (χ1v) is 9.27. The van der Waals surface area contributed by atoms with Gasteiger partial charge in [-0.25, -0.2) is 0 Å². The highest BCUT2D eigenvalue weighted by molar-refractivity contribution is 7.80. The molecule has 122 valence electrons. The van der Waals surface area contributed by atoms with Crippen molar-refractivity contribution in [1.29, 1.82) is 0 Å². The molecule has 0 amide bonds. The van der Waals surface area contributed by atoms with E-state index in [0.29, 0.717) is 5.11 Å². The van der Waals surface area contributed by atoms with Crippen molar-refractivity contribution < 1.29 is 4.74 Å². The number of hydrogen-bond acceptors (Lipinski definition) is 3. The molecule has 0 spiro atoms. The first kappa shape index (κ1) is 16.4. The Balaban J connectivity index is 1.66. The third-order valence-corrected chi connectivity index (χ3v) is 5.23. The van der Waals surface area contributed by atoms with E-state index in [1.54, 1.807) is 11.3 Å². The van der Waals surface area contributed by atoms with E-state index >= 15 is 0 Å². The molecular formula is C18H22N2OS2. The van der Waals surface area contributed by atoms with Crippen LogP contribution in [0.25, 0.3) is 0 Å². The fourth-order valence-corrected chi connectivity index (χ4v) is 3.73. The molecule has 0 radical (unpaired) electrons. The fourth-order valence-electron chi connectivity index (χ4n) is 2.73. The first-order valence-electron chi connectivity index (χ1n) is 7.98. The van der Waals surface area contributed by atoms with Crippen molar-refractivity contribution in [3.05, 3.63) is 57.8 Å². The standard InChI is InChI=1S/C18H22N2OS2/c1-13-6-8-14(9-7-13)17(16-5-3-11-23-16)20-18(22)19-12-15-4-2-10-21-15/h3,5-9,11,15,17H,2,4,10,12H2,1H3,(H2,19,20,22)/t15-,17+/m1/s1. The van der Waals surface area contributed by atoms with Gasteiger partial charge in [-0.1, -0.05) is 35.9 Å². The minimum Gasteiger partial charge on any atom is -0.376 e. The largest absolute Gasteiger partial charge is 0.376 e. The summed E-state index contributed by atoms with van der Waals surface area (Å²) < 4.78 is 5.63. The summed E-state index contributed by atoms with van der Waals surface area (Å²) >= 11 is 7.23. The molecule has 1 aliphatic heterocycles. The number of thiophene rings is 1. The molecule has 1 aromatic heterocycles. The van der Waals surface area contributed by atoms with Gasteiger partial charge in [0.25, 0.3) is 0 Å². The minimum atomic E-state index is 0.0834. The second-order valence-electron chi connectivity index (χ2n) is 5.85. The lowest BCUT2D eigenvalue weighted by Crippen LogP contribution is -2.41. The Morgan fingerprint density at radius 2 is 2.17 bits per heavy atom. The Morgan fingerprint density at radius 1 is 1.35 bits per heavy atom. The topological polar surface area (TPSA) is 33.3 Å². The van der Waals surface area contributed by atoms with E-state index in [0.717, 1.165) is 26.0 Å². The van der Waals surface area contributed by atoms with Crippen LogP contribution in [-0.2, 0) is 4.74 Å². The highest BCUT2D eigenvalue weighted by atomic mass is 32.1. The van der Waals surface area contributed by atoms with Gasteiger partial charge in [0, 0.05) is 18.0 Å². The van der Waals surface area contributed by atoms with Crippen LogP contribution in [0.2, 0.25) is 0 Å². The third-order valence-electron chi connectivity index (χ3n) is 4.03. The van der Waals surface area contributed by atoms with E-state index in [2.05, 4.69) is 59.3 Å². The number of nitrogens with one attached hydrogen (secondary N) is 2. The zero-order chi connectivity index (χ0) is 16.1. The average molecular weight is 347 g/mol. The van der Waals surface area contributed by atoms with E-state index in [-0.39, 0.29) is 12.1 Å². The Kier molecular flexibility index (Phi) is 5.65. The minimum absolute atomic E-state index is 0.0834. The van der Waals surface area contributed by atoms with Crippen LogP contribution in [-0.4, -0.2) is 24.4 Å². The number of aryl methyl sites for hydroxylation is 1. The van der Waals surface area contributed by atoms with E-state index in [9.17, 15) is 0 Å². The van der Waals surface area contributed by atoms with Gasteiger partial charge in [0.05, 0.1) is 12.1 Å². The molecule has 2 aromatic rings. The maximum absolute atomic E-state index is 5.63. The number of ether oxygens (including phenoxy) is 1. The van der Waals surface area contributed by atoms with Gasteiger partial charge < -0.3 is 15.4 Å². The summed E-state index contributed by atoms with van der Waals surface area (Å²) in [6.45, 7) is 3.75. The van der Waals surface area contributed by atoms with Gasteiger partial charge in [-0.2, -0.15) is 0 Å². The highest BCUT2D eigenvalue weighted by Crippen LogP contribution is 2.26. The molecule has 1 saturated heterocycles. The second-order valence-corrected chi connectivity index (χ2v) is 7.24. The summed E-state index contributed by atoms with van der Waals surface area (Å²) in [6.07, 6.45) is 2.55. The monoisotopic (exact) mass is 346 g/mol. The molecule has 0 unspecified atom stereocenters. The number of hydrogen-bond donors (Lipinski definition) is 2. The zero-order valence-electron chi connectivity index (χ0n) is 13.2. The predicted molar refractivity (Wildman–Crippen MR) is 100 cm³/mol. The van der Waals surface area contributed by atoms with Gasteiger partial charge >= 0.3 is 0 Å². The van der Waals surface area contributed by atoms with Crippen LogP contribution in [0.3, 0.4) is 0 Å². The molecule has 3 rings (SSSR count). The van der Waals surface area contributed by atoms with Gasteiger partial charge in [0.1, 0.15) is 0 Å². The van der Waals surface area contributed by atoms with Crippen LogP contribution < -0.4 is 10.6 Å². The third kappa shape index (κ3) is 4.53. The van der Waals surface area contributed by atoms with E-state index in [1.165, 1.54) is 16.0 Å². The zero-order valence-corrected chi connectivity index (χ0v) is 14.9. The Bertz CT molecular complexity index is 619. The van der Waals surface area contributed by atoms with E-state index < -0.39 is 0 Å². The number of benzene rings is 1. The number of thiocarbonyl (C=S) groups is 1. The summed E-state index contributed by atoms with van der Waals surface area (Å²) in [6, 6.07) is 12.9. The molecule has 5 heteroatoms. The Morgan fingerprint density at radius 3 is 2.83 bits per heavy atom. The van der Waals surface area contributed by atoms with Crippen LogP contribution in [0.5, 0.6) is 0 Å². The molecular weight excluding hydrogens is 324 g/mol. The molecule has 2 atom stereocenters. The lowest BCUT2D eigenvalue weighted by atomic mass is 10.0. The van der Waals surface area contributed by atoms with Crippen LogP contribution in [0.15, 0.2) is 41.8 Å². The van der Waals surface area contributed by atoms with Crippen molar-refractivity contribution in [2.24, 2.45) is 0 Å². The van der Waals surface area contributed by atoms with Crippen LogP contribution in [0.4, 0.5) is 0 Å². The quantitative estimate of drug-likeness (QED) is 0.807. The van der Waals surface area contributed by atoms with Gasteiger partial charge in [-0.15, -0.1) is 11.3 Å². The smallest absolute Gasteiger partial charge is 0.167 e. The Labute approximate surface area is 147 Å². The molecule has 0 bridgehead atoms. The lowest BCUT2D eigenvalue weighted by Gasteiger charge is -2.21. The average Bonchev–Trinajstić information content (AvgIpc) is 3.25. The van der Waals surface area contributed by atoms with Gasteiger partial charge in [-0.3, -0.25) is 0 Å². The van der Waals surface area contributed by atoms with E-state index in [1.807, 2.05) is 0 Å². The molecule has 1 aromatic carbocycles. The summed E-state index contributed by atoms with van der Waals surface area (Å²) in [5.74, 6) is 0. The van der Waals surface area contributed by atoms with Crippen molar-refractivity contribution in [2.45, 2.75) is 31.9 Å². The molecule has 1 fully saturated rings. The summed E-state index contributed by atoms with van der Waals surface area (Å²) in [5, 5.41) is 9.53. The Hall–Kier alpha value is -1.43. The molecule has 0 saturated carbocycles. The predicted octanol–water partition coefficient (Wildman–Crippen LogP) is 3.79. The summed E-state index contributed by atoms with van der Waals surface area (Å²) in [7, 11) is 0. The van der Waals surface area contributed by atoms with Crippen LogP contribution >= 0.6 is 23.6 Å². The van der Waals surface area contributed by atoms with Crippen molar-refractivity contribution in [3.63, 3.8) is 0 Å². The normalized spacial score (nSPS) is 18.6. The van der Waals surface area contributed by atoms with Gasteiger partial charge in [0.15, 0.2) is 5.11 Å². The van der Waals surface area contributed by atoms with Crippen molar-refractivity contribution >= 4 is 28.7 Å². The molecule has 2 N–H and O–H groups in total. The van der Waals surface area contributed by atoms with Gasteiger partial charge in [0.2, 0.25) is 0 Å². The SMILES string of the molecule is Cc1ccc([C@H](NC(=S)NC[C@H]2CCCO2)c2cccs2)cc1. The van der Waals surface area contributed by atoms with Crippen molar-refractivity contribution in [2.75, 3.05) is 13.2 Å². The molecule has 23 heavy (non-hydrogen) atoms. The van der Waals surface area contributed by atoms with Crippen molar-refractivity contribution in [3.8, 4) is 0 Å². The maximum atomic E-state index is 5.63. The molecule has 2 heterocycles. The van der Waals surface area contributed by atoms with Gasteiger partial charge in [-0.05, 0) is 49.0 Å². The fraction of sp³-hybridized carbons (Fsp3) is 0.389. The molecule has 0 aliphatic carbocycles. The lowest BCUT2D eigenvalue weighted by molar-refractivity contribution is 0.114. The van der Waals surface area contributed by atoms with Crippen LogP contribution in [0.1, 0.15) is 34.9 Å². The first-order chi connectivity index (χ1) is 11.2. The second kappa shape index (κ2) is 7.90. The maximum Gasteiger partial charge on any atom is 0.167 e. The summed E-state index contributed by atoms with van der Waals surface area (Å²) in [5.41, 5.74) is 2.48. The highest BCUT2D eigenvalue weighted by Gasteiger charge is 2.18. The number of rotatable bonds is 5. The van der Waals surface area contributed by atoms with E-state index in [4.69, 9.17) is 17.0 Å². The van der Waals surface area contributed by atoms with Crippen molar-refractivity contribution in [1.82, 2.24) is 10.6 Å². The van der Waals surface area contributed by atoms with Crippen LogP contribution in [0, 0.1) is 6.92 Å².